The average Bonchev–Trinajstić information content (AvgIpc) is 2.79. The zero-order valence-corrected chi connectivity index (χ0v) is 12.1. The van der Waals surface area contributed by atoms with Crippen LogP contribution >= 0.6 is 0 Å². The molecule has 0 radical (unpaired) electrons. The van der Waals surface area contributed by atoms with Gasteiger partial charge < -0.3 is 20.3 Å². The molecule has 1 fully saturated rings. The third-order valence-corrected chi connectivity index (χ3v) is 3.59. The van der Waals surface area contributed by atoms with Crippen LogP contribution in [0.25, 0.3) is 0 Å². The van der Waals surface area contributed by atoms with Crippen LogP contribution in [0.15, 0.2) is 0 Å². The van der Waals surface area contributed by atoms with E-state index < -0.39 is 0 Å². The van der Waals surface area contributed by atoms with Crippen LogP contribution in [0.4, 0.5) is 0 Å². The molecule has 2 amide bonds. The lowest BCUT2D eigenvalue weighted by molar-refractivity contribution is -0.142. The van der Waals surface area contributed by atoms with Crippen LogP contribution in [-0.2, 0) is 14.3 Å². The minimum atomic E-state index is -0.146. The van der Waals surface area contributed by atoms with Crippen molar-refractivity contribution in [2.24, 2.45) is 11.7 Å². The number of carbonyl (C=O) groups excluding carboxylic acids is 2. The maximum absolute atomic E-state index is 12.4. The van der Waals surface area contributed by atoms with E-state index in [1.807, 2.05) is 0 Å². The summed E-state index contributed by atoms with van der Waals surface area (Å²) in [5, 5.41) is 0. The lowest BCUT2D eigenvalue weighted by atomic mass is 10.0. The highest BCUT2D eigenvalue weighted by Gasteiger charge is 2.33. The summed E-state index contributed by atoms with van der Waals surface area (Å²) in [6, 6.07) is -0.0768. The molecule has 0 aromatic rings. The van der Waals surface area contributed by atoms with Crippen LogP contribution in [0, 0.1) is 5.92 Å². The minimum Gasteiger partial charge on any atom is -0.383 e. The summed E-state index contributed by atoms with van der Waals surface area (Å²) in [7, 11) is 4.95. The molecule has 1 saturated carbocycles. The lowest BCUT2D eigenvalue weighted by Gasteiger charge is -2.27. The van der Waals surface area contributed by atoms with Crippen LogP contribution in [-0.4, -0.2) is 68.6 Å². The predicted molar refractivity (Wildman–Crippen MR) is 72.5 cm³/mol. The molecule has 0 aliphatic heterocycles. The Bertz CT molecular complexity index is 320. The van der Waals surface area contributed by atoms with Crippen molar-refractivity contribution in [1.82, 2.24) is 9.80 Å². The van der Waals surface area contributed by atoms with E-state index in [0.29, 0.717) is 13.2 Å². The van der Waals surface area contributed by atoms with Crippen molar-refractivity contribution in [3.8, 4) is 0 Å². The van der Waals surface area contributed by atoms with Gasteiger partial charge >= 0.3 is 0 Å². The molecule has 1 rings (SSSR count). The average molecular weight is 271 g/mol. The molecule has 6 nitrogen and oxygen atoms in total. The molecule has 2 atom stereocenters. The van der Waals surface area contributed by atoms with Crippen molar-refractivity contribution in [1.29, 1.82) is 0 Å². The largest absolute Gasteiger partial charge is 0.383 e. The molecule has 0 heterocycles. The van der Waals surface area contributed by atoms with Crippen molar-refractivity contribution in [3.05, 3.63) is 0 Å². The van der Waals surface area contributed by atoms with Gasteiger partial charge in [0.25, 0.3) is 0 Å². The van der Waals surface area contributed by atoms with E-state index in [9.17, 15) is 9.59 Å². The van der Waals surface area contributed by atoms with Crippen molar-refractivity contribution in [2.45, 2.75) is 25.3 Å². The number of methoxy groups -OCH3 is 1. The molecule has 1 aliphatic rings. The quantitative estimate of drug-likeness (QED) is 0.718. The topological polar surface area (TPSA) is 75.9 Å². The Hall–Kier alpha value is -1.14. The fraction of sp³-hybridized carbons (Fsp3) is 0.846. The summed E-state index contributed by atoms with van der Waals surface area (Å²) in [4.78, 5) is 27.3. The van der Waals surface area contributed by atoms with Crippen LogP contribution in [0.3, 0.4) is 0 Å². The molecule has 6 heteroatoms. The van der Waals surface area contributed by atoms with Crippen LogP contribution in [0.1, 0.15) is 19.3 Å². The minimum absolute atomic E-state index is 0.0164. The molecule has 0 bridgehead atoms. The third-order valence-electron chi connectivity index (χ3n) is 3.59. The first kappa shape index (κ1) is 15.9. The SMILES string of the molecule is COCCN(CC(=O)N(C)C)C(=O)C1CCCC1N. The van der Waals surface area contributed by atoms with E-state index in [-0.39, 0.29) is 30.3 Å². The van der Waals surface area contributed by atoms with E-state index >= 15 is 0 Å². The van der Waals surface area contributed by atoms with Gasteiger partial charge in [0.1, 0.15) is 0 Å². The summed E-state index contributed by atoms with van der Waals surface area (Å²) >= 11 is 0. The first-order chi connectivity index (χ1) is 8.97. The normalized spacial score (nSPS) is 22.3. The van der Waals surface area contributed by atoms with Gasteiger partial charge in [-0.15, -0.1) is 0 Å². The van der Waals surface area contributed by atoms with E-state index in [2.05, 4.69) is 0 Å². The molecular weight excluding hydrogens is 246 g/mol. The second kappa shape index (κ2) is 7.45. The zero-order valence-electron chi connectivity index (χ0n) is 12.1. The summed E-state index contributed by atoms with van der Waals surface area (Å²) in [5.41, 5.74) is 5.96. The fourth-order valence-corrected chi connectivity index (χ4v) is 2.30. The van der Waals surface area contributed by atoms with Crippen molar-refractivity contribution in [2.75, 3.05) is 40.9 Å². The highest BCUT2D eigenvalue weighted by atomic mass is 16.5. The molecule has 110 valence electrons. The van der Waals surface area contributed by atoms with E-state index in [4.69, 9.17) is 10.5 Å². The summed E-state index contributed by atoms with van der Waals surface area (Å²) < 4.78 is 5.00. The molecule has 0 aromatic heterocycles. The van der Waals surface area contributed by atoms with Gasteiger partial charge in [-0.25, -0.2) is 0 Å². The van der Waals surface area contributed by atoms with Gasteiger partial charge in [0.15, 0.2) is 0 Å². The van der Waals surface area contributed by atoms with Gasteiger partial charge in [-0.2, -0.15) is 0 Å². The number of hydrogen-bond donors (Lipinski definition) is 1. The Morgan fingerprint density at radius 2 is 2.00 bits per heavy atom. The first-order valence-electron chi connectivity index (χ1n) is 6.70. The lowest BCUT2D eigenvalue weighted by Crippen LogP contribution is -2.47. The number of nitrogens with zero attached hydrogens (tertiary/aromatic N) is 2. The van der Waals surface area contributed by atoms with Crippen molar-refractivity contribution < 1.29 is 14.3 Å². The first-order valence-corrected chi connectivity index (χ1v) is 6.70. The second-order valence-electron chi connectivity index (χ2n) is 5.24. The Morgan fingerprint density at radius 3 is 2.47 bits per heavy atom. The molecular formula is C13H25N3O3. The van der Waals surface area contributed by atoms with Gasteiger partial charge in [0.2, 0.25) is 11.8 Å². The molecule has 0 saturated heterocycles. The molecule has 1 aliphatic carbocycles. The van der Waals surface area contributed by atoms with E-state index in [1.54, 1.807) is 26.1 Å². The Labute approximate surface area is 114 Å². The highest BCUT2D eigenvalue weighted by Crippen LogP contribution is 2.25. The predicted octanol–water partition coefficient (Wildman–Crippen LogP) is -0.323. The zero-order chi connectivity index (χ0) is 14.4. The Kier molecular flexibility index (Phi) is 6.24. The standard InChI is InChI=1S/C13H25N3O3/c1-15(2)12(17)9-16(7-8-19-3)13(18)10-5-4-6-11(10)14/h10-11H,4-9,14H2,1-3H3. The number of carbonyl (C=O) groups is 2. The summed E-state index contributed by atoms with van der Waals surface area (Å²) in [6.07, 6.45) is 2.69. The number of rotatable bonds is 6. The van der Waals surface area contributed by atoms with Gasteiger partial charge in [-0.05, 0) is 12.8 Å². The maximum Gasteiger partial charge on any atom is 0.241 e. The molecule has 0 aromatic carbocycles. The Balaban J connectivity index is 2.66. The summed E-state index contributed by atoms with van der Waals surface area (Å²) in [6.45, 7) is 0.949. The van der Waals surface area contributed by atoms with Gasteiger partial charge in [0, 0.05) is 33.8 Å². The molecule has 2 N–H and O–H groups in total. The van der Waals surface area contributed by atoms with Crippen LogP contribution in [0.5, 0.6) is 0 Å². The monoisotopic (exact) mass is 271 g/mol. The van der Waals surface area contributed by atoms with Crippen molar-refractivity contribution >= 4 is 11.8 Å². The number of amides is 2. The number of nitrogens with two attached hydrogens (primary N) is 1. The second-order valence-corrected chi connectivity index (χ2v) is 5.24. The van der Waals surface area contributed by atoms with E-state index in [1.165, 1.54) is 4.90 Å². The fourth-order valence-electron chi connectivity index (χ4n) is 2.30. The molecule has 0 spiro atoms. The number of likely N-dealkylation sites (N-methyl/N-ethyl adjacent to an activating group) is 1. The Morgan fingerprint density at radius 1 is 1.32 bits per heavy atom. The molecule has 2 unspecified atom stereocenters. The van der Waals surface area contributed by atoms with Crippen LogP contribution in [0.2, 0.25) is 0 Å². The van der Waals surface area contributed by atoms with Crippen LogP contribution < -0.4 is 5.73 Å². The van der Waals surface area contributed by atoms with Crippen molar-refractivity contribution in [3.63, 3.8) is 0 Å². The third kappa shape index (κ3) is 4.47. The maximum atomic E-state index is 12.4. The highest BCUT2D eigenvalue weighted by molar-refractivity contribution is 5.86. The number of hydrogen-bond acceptors (Lipinski definition) is 4. The summed E-state index contributed by atoms with van der Waals surface area (Å²) in [5.74, 6) is -0.250. The van der Waals surface area contributed by atoms with E-state index in [0.717, 1.165) is 19.3 Å². The number of ether oxygens (including phenoxy) is 1. The van der Waals surface area contributed by atoms with Gasteiger partial charge in [-0.3, -0.25) is 9.59 Å². The van der Waals surface area contributed by atoms with Gasteiger partial charge in [-0.1, -0.05) is 6.42 Å². The molecule has 19 heavy (non-hydrogen) atoms. The smallest absolute Gasteiger partial charge is 0.241 e. The van der Waals surface area contributed by atoms with Gasteiger partial charge in [0.05, 0.1) is 19.1 Å².